The van der Waals surface area contributed by atoms with E-state index in [4.69, 9.17) is 9.47 Å². The van der Waals surface area contributed by atoms with Crippen molar-refractivity contribution in [2.45, 2.75) is 47.5 Å². The Bertz CT molecular complexity index is 497. The molecular formula is C19H36NO6S+. The van der Waals surface area contributed by atoms with Crippen molar-refractivity contribution < 1.29 is 34.3 Å². The van der Waals surface area contributed by atoms with Crippen molar-refractivity contribution in [3.8, 4) is 0 Å². The van der Waals surface area contributed by atoms with E-state index in [1.54, 1.807) is 6.92 Å². The summed E-state index contributed by atoms with van der Waals surface area (Å²) in [6, 6.07) is 0. The summed E-state index contributed by atoms with van der Waals surface area (Å²) in [4.78, 5) is 36.2. The summed E-state index contributed by atoms with van der Waals surface area (Å²) >= 11 is 1.50. The normalized spacial score (nSPS) is 14.8. The number of carbonyl (C=O) groups is 3. The van der Waals surface area contributed by atoms with Crippen molar-refractivity contribution in [3.63, 3.8) is 0 Å². The Morgan fingerprint density at radius 2 is 1.78 bits per heavy atom. The van der Waals surface area contributed by atoms with Gasteiger partial charge in [-0.2, -0.15) is 11.8 Å². The zero-order valence-corrected chi connectivity index (χ0v) is 18.4. The van der Waals surface area contributed by atoms with Crippen molar-refractivity contribution in [2.75, 3.05) is 38.4 Å². The second-order valence-electron chi connectivity index (χ2n) is 7.44. The van der Waals surface area contributed by atoms with E-state index in [0.717, 1.165) is 0 Å². The largest absolute Gasteiger partial charge is 0.469 e. The molecule has 0 aromatic rings. The van der Waals surface area contributed by atoms with Crippen LogP contribution in [-0.2, 0) is 28.6 Å². The maximum atomic E-state index is 12.9. The van der Waals surface area contributed by atoms with Gasteiger partial charge in [0.15, 0.2) is 0 Å². The first-order valence-corrected chi connectivity index (χ1v) is 10.5. The molecule has 8 heteroatoms. The van der Waals surface area contributed by atoms with E-state index < -0.39 is 10.8 Å². The summed E-state index contributed by atoms with van der Waals surface area (Å²) in [6.45, 7) is 10.5. The van der Waals surface area contributed by atoms with Gasteiger partial charge in [-0.25, -0.2) is 0 Å². The molecular weight excluding hydrogens is 370 g/mol. The third kappa shape index (κ3) is 8.09. The molecule has 7 nitrogen and oxygen atoms in total. The maximum Gasteiger partial charge on any atom is 0.313 e. The maximum absolute atomic E-state index is 12.9. The topological polar surface area (TPSA) is 107 Å². The number of hydrogen-bond donors (Lipinski definition) is 1. The standard InChI is InChI=1S/C19H35NO6S/c1-7-25-16(22)14(2)12-18(3,4)19(5,17(23)26-10-9-20)13-27-11-8-15(21)24-6/h14H,7-13,20H2,1-6H3/p+1. The molecule has 0 saturated carbocycles. The fourth-order valence-corrected chi connectivity index (χ4v) is 4.12. The highest BCUT2D eigenvalue weighted by Crippen LogP contribution is 2.46. The van der Waals surface area contributed by atoms with Crippen LogP contribution in [0.2, 0.25) is 0 Å². The molecule has 0 aliphatic heterocycles. The minimum absolute atomic E-state index is 0.255. The quantitative estimate of drug-likeness (QED) is 0.282. The average Bonchev–Trinajstić information content (AvgIpc) is 2.62. The molecule has 0 aliphatic carbocycles. The molecule has 158 valence electrons. The van der Waals surface area contributed by atoms with Gasteiger partial charge in [-0.3, -0.25) is 14.4 Å². The molecule has 0 amide bonds. The minimum Gasteiger partial charge on any atom is -0.469 e. The molecule has 0 spiro atoms. The highest BCUT2D eigenvalue weighted by molar-refractivity contribution is 7.99. The molecule has 0 rings (SSSR count). The van der Waals surface area contributed by atoms with E-state index in [-0.39, 0.29) is 36.9 Å². The Hall–Kier alpha value is -1.28. The van der Waals surface area contributed by atoms with Gasteiger partial charge in [0, 0.05) is 11.5 Å². The predicted octanol–water partition coefficient (Wildman–Crippen LogP) is 1.69. The van der Waals surface area contributed by atoms with E-state index in [1.807, 2.05) is 27.7 Å². The molecule has 2 unspecified atom stereocenters. The Morgan fingerprint density at radius 1 is 1.15 bits per heavy atom. The van der Waals surface area contributed by atoms with Crippen LogP contribution in [0.3, 0.4) is 0 Å². The van der Waals surface area contributed by atoms with E-state index in [1.165, 1.54) is 18.9 Å². The number of quaternary nitrogens is 1. The highest BCUT2D eigenvalue weighted by Gasteiger charge is 2.49. The molecule has 0 bridgehead atoms. The van der Waals surface area contributed by atoms with Crippen molar-refractivity contribution in [2.24, 2.45) is 16.7 Å². The molecule has 27 heavy (non-hydrogen) atoms. The monoisotopic (exact) mass is 406 g/mol. The first-order valence-electron chi connectivity index (χ1n) is 9.33. The Morgan fingerprint density at radius 3 is 2.30 bits per heavy atom. The number of thioether (sulfide) groups is 1. The summed E-state index contributed by atoms with van der Waals surface area (Å²) in [6.07, 6.45) is 0.768. The molecule has 0 aliphatic rings. The van der Waals surface area contributed by atoms with Crippen molar-refractivity contribution in [3.05, 3.63) is 0 Å². The van der Waals surface area contributed by atoms with Gasteiger partial charge in [0.05, 0.1) is 31.5 Å². The van der Waals surface area contributed by atoms with Gasteiger partial charge in [-0.1, -0.05) is 20.8 Å². The molecule has 0 radical (unpaired) electrons. The van der Waals surface area contributed by atoms with Crippen LogP contribution >= 0.6 is 11.8 Å². The van der Waals surface area contributed by atoms with Crippen molar-refractivity contribution in [1.82, 2.24) is 0 Å². The lowest BCUT2D eigenvalue weighted by Crippen LogP contribution is -2.54. The van der Waals surface area contributed by atoms with Gasteiger partial charge >= 0.3 is 17.9 Å². The van der Waals surface area contributed by atoms with Crippen LogP contribution in [0, 0.1) is 16.7 Å². The molecule has 0 fully saturated rings. The van der Waals surface area contributed by atoms with Crippen molar-refractivity contribution in [1.29, 1.82) is 0 Å². The fourth-order valence-electron chi connectivity index (χ4n) is 2.75. The number of ether oxygens (including phenoxy) is 3. The third-order valence-electron chi connectivity index (χ3n) is 4.90. The van der Waals surface area contributed by atoms with Gasteiger partial charge in [0.25, 0.3) is 0 Å². The van der Waals surface area contributed by atoms with Crippen LogP contribution < -0.4 is 5.73 Å². The molecule has 3 N–H and O–H groups in total. The minimum atomic E-state index is -0.830. The second kappa shape index (κ2) is 12.2. The van der Waals surface area contributed by atoms with Crippen molar-refractivity contribution >= 4 is 29.7 Å². The summed E-state index contributed by atoms with van der Waals surface area (Å²) in [5, 5.41) is 0. The molecule has 0 saturated heterocycles. The van der Waals surface area contributed by atoms with E-state index in [9.17, 15) is 14.4 Å². The van der Waals surface area contributed by atoms with Crippen LogP contribution in [0.1, 0.15) is 47.5 Å². The number of hydrogen-bond acceptors (Lipinski definition) is 7. The average molecular weight is 407 g/mol. The highest BCUT2D eigenvalue weighted by atomic mass is 32.2. The predicted molar refractivity (Wildman–Crippen MR) is 105 cm³/mol. The lowest BCUT2D eigenvalue weighted by molar-refractivity contribution is -0.372. The van der Waals surface area contributed by atoms with Gasteiger partial charge in [0.1, 0.15) is 13.2 Å². The number of methoxy groups -OCH3 is 1. The van der Waals surface area contributed by atoms with Gasteiger partial charge in [-0.15, -0.1) is 0 Å². The van der Waals surface area contributed by atoms with Crippen LogP contribution in [0.25, 0.3) is 0 Å². The van der Waals surface area contributed by atoms with Gasteiger partial charge in [0.2, 0.25) is 0 Å². The van der Waals surface area contributed by atoms with Gasteiger partial charge in [-0.05, 0) is 25.7 Å². The molecule has 2 atom stereocenters. The fraction of sp³-hybridized carbons (Fsp3) is 0.842. The van der Waals surface area contributed by atoms with Gasteiger partial charge < -0.3 is 19.9 Å². The third-order valence-corrected chi connectivity index (χ3v) is 6.17. The zero-order valence-electron chi connectivity index (χ0n) is 17.6. The smallest absolute Gasteiger partial charge is 0.313 e. The molecule has 0 heterocycles. The Balaban J connectivity index is 5.25. The van der Waals surface area contributed by atoms with Crippen LogP contribution in [-0.4, -0.2) is 56.3 Å². The Labute approximate surface area is 167 Å². The van der Waals surface area contributed by atoms with E-state index in [0.29, 0.717) is 31.1 Å². The molecule has 0 aromatic carbocycles. The Kier molecular flexibility index (Phi) is 11.7. The first kappa shape index (κ1) is 25.7. The summed E-state index contributed by atoms with van der Waals surface area (Å²) in [5.74, 6) is -0.161. The summed E-state index contributed by atoms with van der Waals surface area (Å²) in [5.41, 5.74) is 2.36. The lowest BCUT2D eigenvalue weighted by Gasteiger charge is -2.43. The van der Waals surface area contributed by atoms with Crippen LogP contribution in [0.5, 0.6) is 0 Å². The SMILES string of the molecule is CCOC(=O)C(C)CC(C)(C)C(C)(CSCCC(=O)OC)C(=O)OCC[NH3+]. The number of rotatable bonds is 13. The van der Waals surface area contributed by atoms with Crippen LogP contribution in [0.15, 0.2) is 0 Å². The van der Waals surface area contributed by atoms with Crippen LogP contribution in [0.4, 0.5) is 0 Å². The first-order chi connectivity index (χ1) is 12.6. The second-order valence-corrected chi connectivity index (χ2v) is 8.55. The van der Waals surface area contributed by atoms with E-state index in [2.05, 4.69) is 10.5 Å². The zero-order chi connectivity index (χ0) is 21.1. The molecule has 0 aromatic heterocycles. The van der Waals surface area contributed by atoms with E-state index >= 15 is 0 Å². The number of esters is 3. The summed E-state index contributed by atoms with van der Waals surface area (Å²) in [7, 11) is 1.35. The number of carbonyl (C=O) groups excluding carboxylic acids is 3. The summed E-state index contributed by atoms with van der Waals surface area (Å²) < 4.78 is 15.2. The lowest BCUT2D eigenvalue weighted by atomic mass is 9.64.